The van der Waals surface area contributed by atoms with Gasteiger partial charge in [-0.3, -0.25) is 0 Å². The summed E-state index contributed by atoms with van der Waals surface area (Å²) < 4.78 is 1.50. The van der Waals surface area contributed by atoms with Crippen molar-refractivity contribution >= 4 is 55.1 Å². The van der Waals surface area contributed by atoms with E-state index in [1.165, 1.54) is 0 Å². The molecule has 0 amide bonds. The van der Waals surface area contributed by atoms with Gasteiger partial charge in [0.15, 0.2) is 5.82 Å². The molecule has 1 aromatic heterocycles. The van der Waals surface area contributed by atoms with E-state index in [-0.39, 0.29) is 0 Å². The Morgan fingerprint density at radius 1 is 1.06 bits per heavy atom. The Morgan fingerprint density at radius 2 is 1.81 bits per heavy atom. The highest BCUT2D eigenvalue weighted by atomic mass is 79.9. The molecule has 0 aliphatic carbocycles. The largest absolute Gasteiger partial charge is 0.235 e. The number of benzene rings is 1. The molecule has 0 spiro atoms. The van der Waals surface area contributed by atoms with E-state index in [2.05, 4.69) is 41.8 Å². The van der Waals surface area contributed by atoms with Crippen LogP contribution in [0.25, 0.3) is 11.4 Å². The van der Waals surface area contributed by atoms with Crippen LogP contribution in [0.15, 0.2) is 33.3 Å². The van der Waals surface area contributed by atoms with Gasteiger partial charge < -0.3 is 0 Å². The van der Waals surface area contributed by atoms with Crippen LogP contribution in [0.2, 0.25) is 10.2 Å². The molecule has 0 unspecified atom stereocenters. The highest BCUT2D eigenvalue weighted by molar-refractivity contribution is 9.11. The van der Waals surface area contributed by atoms with Gasteiger partial charge in [-0.25, -0.2) is 9.97 Å². The van der Waals surface area contributed by atoms with Gasteiger partial charge in [-0.05, 0) is 50.1 Å². The third-order valence-electron chi connectivity index (χ3n) is 1.87. The van der Waals surface area contributed by atoms with Crippen LogP contribution in [0.5, 0.6) is 0 Å². The zero-order chi connectivity index (χ0) is 11.7. The predicted octanol–water partition coefficient (Wildman–Crippen LogP) is 4.98. The highest BCUT2D eigenvalue weighted by Crippen LogP contribution is 2.30. The Morgan fingerprint density at radius 3 is 2.44 bits per heavy atom. The summed E-state index contributed by atoms with van der Waals surface area (Å²) in [5, 5.41) is 1.03. The van der Waals surface area contributed by atoms with E-state index in [1.807, 2.05) is 6.07 Å². The van der Waals surface area contributed by atoms with E-state index in [0.717, 1.165) is 10.0 Å². The minimum absolute atomic E-state index is 0.381. The lowest BCUT2D eigenvalue weighted by molar-refractivity contribution is 1.16. The third-order valence-corrected chi connectivity index (χ3v) is 3.86. The molecule has 0 radical (unpaired) electrons. The molecule has 0 atom stereocenters. The molecular formula is C10H4Br2Cl2N2. The Bertz CT molecular complexity index is 546. The molecule has 2 aromatic rings. The summed E-state index contributed by atoms with van der Waals surface area (Å²) in [5.41, 5.74) is 0.846. The van der Waals surface area contributed by atoms with Crippen molar-refractivity contribution in [3.8, 4) is 11.4 Å². The zero-order valence-corrected chi connectivity index (χ0v) is 12.4. The second-order valence-electron chi connectivity index (χ2n) is 2.96. The van der Waals surface area contributed by atoms with E-state index in [4.69, 9.17) is 23.2 Å². The maximum absolute atomic E-state index is 5.91. The average molecular weight is 383 g/mol. The first kappa shape index (κ1) is 12.3. The van der Waals surface area contributed by atoms with Gasteiger partial charge in [-0.1, -0.05) is 23.2 Å². The fourth-order valence-electron chi connectivity index (χ4n) is 1.15. The first-order chi connectivity index (χ1) is 7.58. The van der Waals surface area contributed by atoms with Crippen LogP contribution in [0.3, 0.4) is 0 Å². The van der Waals surface area contributed by atoms with Gasteiger partial charge in [0.05, 0.1) is 4.47 Å². The summed E-state index contributed by atoms with van der Waals surface area (Å²) in [6.07, 6.45) is 1.62. The lowest BCUT2D eigenvalue weighted by atomic mass is 10.2. The van der Waals surface area contributed by atoms with Crippen molar-refractivity contribution < 1.29 is 0 Å². The second-order valence-corrected chi connectivity index (χ2v) is 5.46. The van der Waals surface area contributed by atoms with E-state index in [1.54, 1.807) is 18.3 Å². The Labute approximate surface area is 119 Å². The number of aromatic nitrogens is 2. The van der Waals surface area contributed by atoms with Gasteiger partial charge in [0.25, 0.3) is 0 Å². The Kier molecular flexibility index (Phi) is 3.85. The van der Waals surface area contributed by atoms with Crippen LogP contribution >= 0.6 is 55.1 Å². The molecule has 0 aliphatic heterocycles. The van der Waals surface area contributed by atoms with Crippen molar-refractivity contribution in [2.24, 2.45) is 0 Å². The first-order valence-corrected chi connectivity index (χ1v) is 6.55. The predicted molar refractivity (Wildman–Crippen MR) is 72.9 cm³/mol. The van der Waals surface area contributed by atoms with Crippen LogP contribution < -0.4 is 0 Å². The smallest absolute Gasteiger partial charge is 0.162 e. The summed E-state index contributed by atoms with van der Waals surface area (Å²) in [7, 11) is 0. The van der Waals surface area contributed by atoms with E-state index in [9.17, 15) is 0 Å². The quantitative estimate of drug-likeness (QED) is 0.650. The van der Waals surface area contributed by atoms with Crippen molar-refractivity contribution in [3.05, 3.63) is 43.5 Å². The highest BCUT2D eigenvalue weighted by Gasteiger charge is 2.08. The number of hydrogen-bond donors (Lipinski definition) is 0. The first-order valence-electron chi connectivity index (χ1n) is 4.21. The van der Waals surface area contributed by atoms with Crippen molar-refractivity contribution in [2.45, 2.75) is 0 Å². The van der Waals surface area contributed by atoms with Gasteiger partial charge in [0, 0.05) is 21.3 Å². The average Bonchev–Trinajstić information content (AvgIpc) is 2.22. The molecule has 82 valence electrons. The van der Waals surface area contributed by atoms with Crippen molar-refractivity contribution in [3.63, 3.8) is 0 Å². The fourth-order valence-corrected chi connectivity index (χ4v) is 2.33. The molecule has 0 aliphatic rings. The lowest BCUT2D eigenvalue weighted by Gasteiger charge is -2.04. The second kappa shape index (κ2) is 5.00. The Hall–Kier alpha value is -0.160. The van der Waals surface area contributed by atoms with Gasteiger partial charge >= 0.3 is 0 Å². The van der Waals surface area contributed by atoms with Gasteiger partial charge in [0.2, 0.25) is 0 Å². The maximum atomic E-state index is 5.91. The van der Waals surface area contributed by atoms with Gasteiger partial charge in [-0.15, -0.1) is 0 Å². The minimum Gasteiger partial charge on any atom is -0.235 e. The van der Waals surface area contributed by atoms with Gasteiger partial charge in [-0.2, -0.15) is 0 Å². The lowest BCUT2D eigenvalue weighted by Crippen LogP contribution is -1.90. The molecule has 0 bridgehead atoms. The van der Waals surface area contributed by atoms with E-state index < -0.39 is 0 Å². The summed E-state index contributed by atoms with van der Waals surface area (Å²) in [5.74, 6) is 0.553. The van der Waals surface area contributed by atoms with Crippen LogP contribution in [-0.2, 0) is 0 Å². The SMILES string of the molecule is Clc1ccc(-c2ncc(Br)c(Cl)n2)c(Br)c1. The summed E-state index contributed by atoms with van der Waals surface area (Å²) in [4.78, 5) is 8.35. The third kappa shape index (κ3) is 2.56. The standard InChI is InChI=1S/C10H4Br2Cl2N2/c11-7-3-5(13)1-2-6(7)10-15-4-8(12)9(14)16-10/h1-4H. The van der Waals surface area contributed by atoms with Crippen molar-refractivity contribution in [1.82, 2.24) is 9.97 Å². The fraction of sp³-hybridized carbons (Fsp3) is 0. The number of nitrogens with zero attached hydrogens (tertiary/aromatic N) is 2. The number of rotatable bonds is 1. The number of hydrogen-bond acceptors (Lipinski definition) is 2. The summed E-state index contributed by atoms with van der Waals surface area (Å²) in [6.45, 7) is 0. The normalized spacial score (nSPS) is 10.5. The van der Waals surface area contributed by atoms with E-state index in [0.29, 0.717) is 20.5 Å². The van der Waals surface area contributed by atoms with Crippen LogP contribution in [0.1, 0.15) is 0 Å². The van der Waals surface area contributed by atoms with Crippen LogP contribution in [-0.4, -0.2) is 9.97 Å². The molecule has 6 heteroatoms. The molecule has 0 saturated heterocycles. The maximum Gasteiger partial charge on any atom is 0.162 e. The van der Waals surface area contributed by atoms with Crippen molar-refractivity contribution in [1.29, 1.82) is 0 Å². The minimum atomic E-state index is 0.381. The summed E-state index contributed by atoms with van der Waals surface area (Å²) >= 11 is 18.4. The molecular weight excluding hydrogens is 379 g/mol. The zero-order valence-electron chi connectivity index (χ0n) is 7.72. The molecule has 0 saturated carbocycles. The molecule has 0 fully saturated rings. The molecule has 0 N–H and O–H groups in total. The molecule has 2 rings (SSSR count). The van der Waals surface area contributed by atoms with Crippen molar-refractivity contribution in [2.75, 3.05) is 0 Å². The number of halogens is 4. The molecule has 16 heavy (non-hydrogen) atoms. The molecule has 1 heterocycles. The molecule has 2 nitrogen and oxygen atoms in total. The summed E-state index contributed by atoms with van der Waals surface area (Å²) in [6, 6.07) is 5.41. The van der Waals surface area contributed by atoms with Gasteiger partial charge in [0.1, 0.15) is 5.15 Å². The monoisotopic (exact) mass is 380 g/mol. The topological polar surface area (TPSA) is 25.8 Å². The molecule has 1 aromatic carbocycles. The van der Waals surface area contributed by atoms with E-state index >= 15 is 0 Å². The van der Waals surface area contributed by atoms with Crippen LogP contribution in [0, 0.1) is 0 Å². The Balaban J connectivity index is 2.54. The van der Waals surface area contributed by atoms with Crippen LogP contribution in [0.4, 0.5) is 0 Å².